The molecule has 0 spiro atoms. The van der Waals surface area contributed by atoms with E-state index in [9.17, 15) is 4.79 Å². The molecule has 1 heterocycles. The van der Waals surface area contributed by atoms with Crippen LogP contribution < -0.4 is 20.1 Å². The van der Waals surface area contributed by atoms with Crippen LogP contribution in [-0.4, -0.2) is 25.2 Å². The van der Waals surface area contributed by atoms with Gasteiger partial charge in [-0.05, 0) is 40.1 Å². The summed E-state index contributed by atoms with van der Waals surface area (Å²) in [6.07, 6.45) is 1.68. The van der Waals surface area contributed by atoms with E-state index in [0.717, 1.165) is 27.6 Å². The van der Waals surface area contributed by atoms with E-state index in [1.165, 1.54) is 0 Å². The highest BCUT2D eigenvalue weighted by Gasteiger charge is 2.03. The number of carbonyl (C=O) groups is 1. The number of hydrogen-bond acceptors (Lipinski definition) is 4. The number of benzene rings is 2. The van der Waals surface area contributed by atoms with Gasteiger partial charge < -0.3 is 20.1 Å². The molecule has 2 N–H and O–H groups in total. The molecule has 0 aliphatic heterocycles. The summed E-state index contributed by atoms with van der Waals surface area (Å²) in [5.74, 6) is 1.38. The van der Waals surface area contributed by atoms with Crippen molar-refractivity contribution in [1.82, 2.24) is 15.6 Å². The number of hydrogen-bond donors (Lipinski definition) is 2. The molecule has 3 aromatic rings. The topological polar surface area (TPSA) is 72.5 Å². The number of urea groups is 1. The van der Waals surface area contributed by atoms with Crippen LogP contribution in [0.2, 0.25) is 0 Å². The normalized spacial score (nSPS) is 10.4. The Morgan fingerprint density at radius 1 is 0.885 bits per heavy atom. The molecule has 6 nitrogen and oxygen atoms in total. The summed E-state index contributed by atoms with van der Waals surface area (Å²) in [6, 6.07) is 15.4. The Balaban J connectivity index is 1.52. The predicted molar refractivity (Wildman–Crippen MR) is 100 cm³/mol. The molecule has 0 atom stereocenters. The van der Waals surface area contributed by atoms with Crippen molar-refractivity contribution < 1.29 is 14.3 Å². The quantitative estimate of drug-likeness (QED) is 0.715. The minimum Gasteiger partial charge on any atom is -0.497 e. The molecule has 26 heavy (non-hydrogen) atoms. The molecule has 1 aromatic heterocycles. The van der Waals surface area contributed by atoms with Crippen LogP contribution in [0.1, 0.15) is 11.1 Å². The molecule has 0 bridgehead atoms. The van der Waals surface area contributed by atoms with Crippen molar-refractivity contribution in [2.75, 3.05) is 14.2 Å². The van der Waals surface area contributed by atoms with Gasteiger partial charge in [0.2, 0.25) is 5.88 Å². The van der Waals surface area contributed by atoms with E-state index < -0.39 is 0 Å². The van der Waals surface area contributed by atoms with Gasteiger partial charge in [-0.15, -0.1) is 0 Å². The number of nitrogens with zero attached hydrogens (tertiary/aromatic N) is 1. The zero-order valence-electron chi connectivity index (χ0n) is 14.8. The molecular weight excluding hydrogens is 330 g/mol. The summed E-state index contributed by atoms with van der Waals surface area (Å²) in [4.78, 5) is 16.1. The predicted octanol–water partition coefficient (Wildman–Crippen LogP) is 3.25. The van der Waals surface area contributed by atoms with Crippen LogP contribution in [0, 0.1) is 0 Å². The molecule has 0 fully saturated rings. The first-order chi connectivity index (χ1) is 12.7. The van der Waals surface area contributed by atoms with Crippen LogP contribution in [0.25, 0.3) is 10.8 Å². The number of aromatic nitrogens is 1. The number of carbonyl (C=O) groups excluding carboxylic acids is 1. The average molecular weight is 351 g/mol. The highest BCUT2D eigenvalue weighted by molar-refractivity contribution is 5.84. The Kier molecular flexibility index (Phi) is 5.53. The van der Waals surface area contributed by atoms with Gasteiger partial charge in [0, 0.05) is 25.4 Å². The highest BCUT2D eigenvalue weighted by atomic mass is 16.5. The molecule has 2 aromatic carbocycles. The minimum atomic E-state index is -0.226. The molecule has 0 saturated carbocycles. The standard InChI is InChI=1S/C20H21N3O3/c1-25-18-7-6-16-9-14(3-5-17(16)10-18)11-22-20(24)23-13-15-4-8-19(26-2)21-12-15/h3-10,12H,11,13H2,1-2H3,(H2,22,23,24). The Bertz CT molecular complexity index is 894. The summed E-state index contributed by atoms with van der Waals surface area (Å²) in [7, 11) is 3.22. The zero-order valence-corrected chi connectivity index (χ0v) is 14.8. The number of ether oxygens (including phenoxy) is 2. The highest BCUT2D eigenvalue weighted by Crippen LogP contribution is 2.21. The van der Waals surface area contributed by atoms with Crippen molar-refractivity contribution in [3.8, 4) is 11.6 Å². The summed E-state index contributed by atoms with van der Waals surface area (Å²) in [5.41, 5.74) is 1.93. The molecule has 2 amide bonds. The third-order valence-electron chi connectivity index (χ3n) is 4.02. The zero-order chi connectivity index (χ0) is 18.4. The molecule has 0 radical (unpaired) electrons. The van der Waals surface area contributed by atoms with Crippen molar-refractivity contribution in [3.63, 3.8) is 0 Å². The molecule has 134 valence electrons. The van der Waals surface area contributed by atoms with Crippen LogP contribution in [0.3, 0.4) is 0 Å². The molecule has 0 aliphatic carbocycles. The molecule has 0 aliphatic rings. The SMILES string of the molecule is COc1ccc2cc(CNC(=O)NCc3ccc(OC)nc3)ccc2c1. The van der Waals surface area contributed by atoms with Crippen LogP contribution in [0.15, 0.2) is 54.7 Å². The van der Waals surface area contributed by atoms with Crippen LogP contribution >= 0.6 is 0 Å². The first-order valence-corrected chi connectivity index (χ1v) is 8.25. The van der Waals surface area contributed by atoms with Crippen molar-refractivity contribution >= 4 is 16.8 Å². The van der Waals surface area contributed by atoms with Gasteiger partial charge in [-0.25, -0.2) is 9.78 Å². The summed E-state index contributed by atoms with van der Waals surface area (Å²) < 4.78 is 10.2. The summed E-state index contributed by atoms with van der Waals surface area (Å²) in [5, 5.41) is 7.88. The lowest BCUT2D eigenvalue weighted by Gasteiger charge is -2.09. The largest absolute Gasteiger partial charge is 0.497 e. The van der Waals surface area contributed by atoms with E-state index >= 15 is 0 Å². The van der Waals surface area contributed by atoms with Gasteiger partial charge in [-0.3, -0.25) is 0 Å². The number of nitrogens with one attached hydrogen (secondary N) is 2. The maximum atomic E-state index is 12.0. The number of rotatable bonds is 6. The Hall–Kier alpha value is -3.28. The number of pyridine rings is 1. The molecule has 6 heteroatoms. The summed E-state index contributed by atoms with van der Waals surface area (Å²) in [6.45, 7) is 0.856. The maximum absolute atomic E-state index is 12.0. The van der Waals surface area contributed by atoms with Gasteiger partial charge in [0.15, 0.2) is 0 Å². The van der Waals surface area contributed by atoms with Crippen molar-refractivity contribution in [3.05, 3.63) is 65.9 Å². The second kappa shape index (κ2) is 8.20. The van der Waals surface area contributed by atoms with Crippen molar-refractivity contribution in [2.24, 2.45) is 0 Å². The Morgan fingerprint density at radius 2 is 1.58 bits per heavy atom. The molecule has 0 saturated heterocycles. The van der Waals surface area contributed by atoms with E-state index in [1.807, 2.05) is 36.4 Å². The van der Waals surface area contributed by atoms with Gasteiger partial charge in [-0.1, -0.05) is 24.3 Å². The first kappa shape index (κ1) is 17.5. The van der Waals surface area contributed by atoms with Gasteiger partial charge in [0.1, 0.15) is 5.75 Å². The maximum Gasteiger partial charge on any atom is 0.315 e. The molecule has 3 rings (SSSR count). The van der Waals surface area contributed by atoms with Crippen molar-refractivity contribution in [1.29, 1.82) is 0 Å². The third-order valence-corrected chi connectivity index (χ3v) is 4.02. The Morgan fingerprint density at radius 3 is 2.27 bits per heavy atom. The fourth-order valence-electron chi connectivity index (χ4n) is 2.57. The number of amides is 2. The summed E-state index contributed by atoms with van der Waals surface area (Å²) >= 11 is 0. The third kappa shape index (κ3) is 4.42. The monoisotopic (exact) mass is 351 g/mol. The van der Waals surface area contributed by atoms with Crippen LogP contribution in [-0.2, 0) is 13.1 Å². The van der Waals surface area contributed by atoms with E-state index in [2.05, 4.69) is 21.7 Å². The van der Waals surface area contributed by atoms with Gasteiger partial charge in [0.25, 0.3) is 0 Å². The number of methoxy groups -OCH3 is 2. The Labute approximate surface area is 152 Å². The molecule has 0 unspecified atom stereocenters. The second-order valence-electron chi connectivity index (χ2n) is 5.79. The van der Waals surface area contributed by atoms with Crippen molar-refractivity contribution in [2.45, 2.75) is 13.1 Å². The smallest absolute Gasteiger partial charge is 0.315 e. The average Bonchev–Trinajstić information content (AvgIpc) is 2.70. The van der Waals surface area contributed by atoms with Gasteiger partial charge >= 0.3 is 6.03 Å². The fraction of sp³-hybridized carbons (Fsp3) is 0.200. The van der Waals surface area contributed by atoms with E-state index in [1.54, 1.807) is 26.5 Å². The van der Waals surface area contributed by atoms with Gasteiger partial charge in [-0.2, -0.15) is 0 Å². The minimum absolute atomic E-state index is 0.226. The molecular formula is C20H21N3O3. The van der Waals surface area contributed by atoms with E-state index in [0.29, 0.717) is 19.0 Å². The lowest BCUT2D eigenvalue weighted by atomic mass is 10.1. The van der Waals surface area contributed by atoms with E-state index in [-0.39, 0.29) is 6.03 Å². The second-order valence-corrected chi connectivity index (χ2v) is 5.79. The van der Waals surface area contributed by atoms with Gasteiger partial charge in [0.05, 0.1) is 14.2 Å². The number of fused-ring (bicyclic) bond motifs is 1. The van der Waals surface area contributed by atoms with Crippen LogP contribution in [0.4, 0.5) is 4.79 Å². The van der Waals surface area contributed by atoms with Crippen LogP contribution in [0.5, 0.6) is 11.6 Å². The lowest BCUT2D eigenvalue weighted by Crippen LogP contribution is -2.34. The lowest BCUT2D eigenvalue weighted by molar-refractivity contribution is 0.240. The van der Waals surface area contributed by atoms with E-state index in [4.69, 9.17) is 9.47 Å². The first-order valence-electron chi connectivity index (χ1n) is 8.25. The fourth-order valence-corrected chi connectivity index (χ4v) is 2.57.